The van der Waals surface area contributed by atoms with Crippen LogP contribution in [0.5, 0.6) is 5.75 Å². The van der Waals surface area contributed by atoms with Gasteiger partial charge in [0.05, 0.1) is 20.1 Å². The number of ether oxygens (including phenoxy) is 2. The van der Waals surface area contributed by atoms with Gasteiger partial charge in [0, 0.05) is 11.1 Å². The molecule has 0 amide bonds. The van der Waals surface area contributed by atoms with E-state index in [-0.39, 0.29) is 13.0 Å². The average Bonchev–Trinajstić information content (AvgIpc) is 2.72. The van der Waals surface area contributed by atoms with Gasteiger partial charge in [-0.3, -0.25) is 4.79 Å². The van der Waals surface area contributed by atoms with E-state index in [1.54, 1.807) is 14.0 Å². The van der Waals surface area contributed by atoms with Gasteiger partial charge in [-0.2, -0.15) is 0 Å². The summed E-state index contributed by atoms with van der Waals surface area (Å²) in [5.74, 6) is 0.352. The first-order chi connectivity index (χ1) is 13.7. The molecule has 0 radical (unpaired) electrons. The Balaban J connectivity index is 2.19. The fourth-order valence-electron chi connectivity index (χ4n) is 2.41. The summed E-state index contributed by atoms with van der Waals surface area (Å²) in [7, 11) is 3.02. The molecule has 0 aliphatic carbocycles. The summed E-state index contributed by atoms with van der Waals surface area (Å²) in [6.45, 7) is 2.04. The second-order valence-electron chi connectivity index (χ2n) is 5.63. The largest absolute Gasteiger partial charge is 0.497 e. The Morgan fingerprint density at radius 2 is 1.61 bits per heavy atom. The van der Waals surface area contributed by atoms with Crippen molar-refractivity contribution >= 4 is 17.4 Å². The number of methoxy groups -OCH3 is 1. The molecule has 28 heavy (non-hydrogen) atoms. The average molecular weight is 384 g/mol. The van der Waals surface area contributed by atoms with E-state index in [2.05, 4.69) is 10.3 Å². The molecule has 0 atom stereocenters. The molecule has 0 unspecified atom stereocenters. The molecule has 148 valence electrons. The number of esters is 1. The molecule has 0 aromatic heterocycles. The van der Waals surface area contributed by atoms with Gasteiger partial charge in [-0.15, -0.1) is 0 Å². The highest BCUT2D eigenvalue weighted by Crippen LogP contribution is 2.16. The molecule has 0 aliphatic rings. The molecule has 0 aliphatic heterocycles. The van der Waals surface area contributed by atoms with Crippen molar-refractivity contribution in [2.24, 2.45) is 10.3 Å². The van der Waals surface area contributed by atoms with Gasteiger partial charge < -0.3 is 19.1 Å². The smallest absolute Gasteiger partial charge is 0.311 e. The van der Waals surface area contributed by atoms with E-state index in [9.17, 15) is 4.79 Å². The Kier molecular flexibility index (Phi) is 8.52. The SMILES string of the molecule is CCOC(=O)CC(CON=C(c1ccccc1)c1ccc(OC)cc1)=NOC. The molecule has 0 saturated heterocycles. The van der Waals surface area contributed by atoms with Crippen molar-refractivity contribution < 1.29 is 23.9 Å². The summed E-state index contributed by atoms with van der Waals surface area (Å²) in [5, 5.41) is 8.10. The molecule has 2 aromatic rings. The molecule has 0 bridgehead atoms. The number of benzene rings is 2. The van der Waals surface area contributed by atoms with Crippen molar-refractivity contribution in [2.45, 2.75) is 13.3 Å². The van der Waals surface area contributed by atoms with Crippen LogP contribution in [-0.2, 0) is 19.2 Å². The quantitative estimate of drug-likeness (QED) is 0.356. The van der Waals surface area contributed by atoms with Crippen LogP contribution in [0, 0.1) is 0 Å². The lowest BCUT2D eigenvalue weighted by molar-refractivity contribution is -0.141. The number of oxime groups is 2. The zero-order valence-corrected chi connectivity index (χ0v) is 16.3. The highest BCUT2D eigenvalue weighted by molar-refractivity contribution is 6.12. The van der Waals surface area contributed by atoms with Crippen LogP contribution in [0.4, 0.5) is 0 Å². The normalized spacial score (nSPS) is 11.7. The summed E-state index contributed by atoms with van der Waals surface area (Å²) < 4.78 is 10.1. The second-order valence-corrected chi connectivity index (χ2v) is 5.63. The fraction of sp³-hybridized carbons (Fsp3) is 0.286. The molecule has 7 nitrogen and oxygen atoms in total. The van der Waals surface area contributed by atoms with Gasteiger partial charge in [0.25, 0.3) is 0 Å². The van der Waals surface area contributed by atoms with Crippen molar-refractivity contribution in [3.63, 3.8) is 0 Å². The van der Waals surface area contributed by atoms with E-state index in [0.29, 0.717) is 18.0 Å². The van der Waals surface area contributed by atoms with Crippen LogP contribution in [0.2, 0.25) is 0 Å². The molecule has 7 heteroatoms. The minimum absolute atomic E-state index is 0.000851. The second kappa shape index (κ2) is 11.4. The summed E-state index contributed by atoms with van der Waals surface area (Å²) >= 11 is 0. The lowest BCUT2D eigenvalue weighted by atomic mass is 10.0. The third-order valence-corrected chi connectivity index (χ3v) is 3.67. The van der Waals surface area contributed by atoms with E-state index in [1.165, 1.54) is 7.11 Å². The molecule has 2 rings (SSSR count). The fourth-order valence-corrected chi connectivity index (χ4v) is 2.41. The monoisotopic (exact) mass is 384 g/mol. The highest BCUT2D eigenvalue weighted by atomic mass is 16.6. The maximum Gasteiger partial charge on any atom is 0.311 e. The standard InChI is InChI=1S/C21H24N2O5/c1-4-27-20(24)14-18(22-26-3)15-28-23-21(16-8-6-5-7-9-16)17-10-12-19(25-2)13-11-17/h5-13H,4,14-15H2,1-3H3. The molecule has 0 fully saturated rings. The Morgan fingerprint density at radius 1 is 0.929 bits per heavy atom. The number of rotatable bonds is 10. The van der Waals surface area contributed by atoms with Gasteiger partial charge in [-0.1, -0.05) is 40.6 Å². The first-order valence-corrected chi connectivity index (χ1v) is 8.82. The summed E-state index contributed by atoms with van der Waals surface area (Å²) in [4.78, 5) is 21.9. The number of hydrogen-bond donors (Lipinski definition) is 0. The number of carbonyl (C=O) groups is 1. The maximum absolute atomic E-state index is 11.7. The van der Waals surface area contributed by atoms with E-state index < -0.39 is 5.97 Å². The molecular formula is C21H24N2O5. The lowest BCUT2D eigenvalue weighted by Crippen LogP contribution is -2.16. The van der Waals surface area contributed by atoms with E-state index in [4.69, 9.17) is 19.1 Å². The minimum atomic E-state index is -0.399. The van der Waals surface area contributed by atoms with Crippen molar-refractivity contribution in [3.05, 3.63) is 65.7 Å². The predicted molar refractivity (Wildman–Crippen MR) is 107 cm³/mol. The van der Waals surface area contributed by atoms with Crippen LogP contribution in [0.25, 0.3) is 0 Å². The predicted octanol–water partition coefficient (Wildman–Crippen LogP) is 3.42. The van der Waals surface area contributed by atoms with Gasteiger partial charge in [-0.25, -0.2) is 0 Å². The van der Waals surface area contributed by atoms with Gasteiger partial charge in [0.15, 0.2) is 6.61 Å². The van der Waals surface area contributed by atoms with Crippen molar-refractivity contribution in [1.29, 1.82) is 0 Å². The summed E-state index contributed by atoms with van der Waals surface area (Å²) in [6.07, 6.45) is -0.0274. The maximum atomic E-state index is 11.7. The van der Waals surface area contributed by atoms with Crippen LogP contribution in [0.1, 0.15) is 24.5 Å². The van der Waals surface area contributed by atoms with Gasteiger partial charge in [0.1, 0.15) is 24.3 Å². The molecule has 0 spiro atoms. The lowest BCUT2D eigenvalue weighted by Gasteiger charge is -2.09. The number of hydrogen-bond acceptors (Lipinski definition) is 7. The molecule has 0 N–H and O–H groups in total. The first kappa shape index (κ1) is 21.0. The van der Waals surface area contributed by atoms with Gasteiger partial charge in [0.2, 0.25) is 0 Å². The third-order valence-electron chi connectivity index (χ3n) is 3.67. The van der Waals surface area contributed by atoms with Crippen molar-refractivity contribution in [1.82, 2.24) is 0 Å². The van der Waals surface area contributed by atoms with Crippen LogP contribution in [0.15, 0.2) is 64.9 Å². The summed E-state index contributed by atoms with van der Waals surface area (Å²) in [5.41, 5.74) is 2.79. The number of nitrogens with zero attached hydrogens (tertiary/aromatic N) is 2. The molecule has 2 aromatic carbocycles. The highest BCUT2D eigenvalue weighted by Gasteiger charge is 2.12. The Hall–Kier alpha value is -3.35. The van der Waals surface area contributed by atoms with E-state index in [1.807, 2.05) is 54.6 Å². The van der Waals surface area contributed by atoms with Crippen LogP contribution in [-0.4, -0.2) is 44.8 Å². The molecule has 0 saturated carbocycles. The Bertz CT molecular complexity index is 801. The minimum Gasteiger partial charge on any atom is -0.497 e. The van der Waals surface area contributed by atoms with Gasteiger partial charge >= 0.3 is 5.97 Å². The Morgan fingerprint density at radius 3 is 2.21 bits per heavy atom. The Labute approximate surface area is 164 Å². The van der Waals surface area contributed by atoms with Gasteiger partial charge in [-0.05, 0) is 31.2 Å². The zero-order chi connectivity index (χ0) is 20.2. The van der Waals surface area contributed by atoms with Crippen LogP contribution >= 0.6 is 0 Å². The number of carbonyl (C=O) groups excluding carboxylic acids is 1. The first-order valence-electron chi connectivity index (χ1n) is 8.82. The van der Waals surface area contributed by atoms with E-state index in [0.717, 1.165) is 16.9 Å². The summed E-state index contributed by atoms with van der Waals surface area (Å²) in [6, 6.07) is 17.2. The zero-order valence-electron chi connectivity index (χ0n) is 16.3. The third kappa shape index (κ3) is 6.42. The van der Waals surface area contributed by atoms with Crippen LogP contribution in [0.3, 0.4) is 0 Å². The van der Waals surface area contributed by atoms with Crippen molar-refractivity contribution in [2.75, 3.05) is 27.4 Å². The van der Waals surface area contributed by atoms with Crippen molar-refractivity contribution in [3.8, 4) is 5.75 Å². The van der Waals surface area contributed by atoms with Crippen LogP contribution < -0.4 is 4.74 Å². The topological polar surface area (TPSA) is 78.7 Å². The molecule has 0 heterocycles. The molecular weight excluding hydrogens is 360 g/mol. The van der Waals surface area contributed by atoms with E-state index >= 15 is 0 Å².